The van der Waals surface area contributed by atoms with Crippen molar-refractivity contribution in [3.63, 3.8) is 0 Å². The van der Waals surface area contributed by atoms with Gasteiger partial charge in [-0.05, 0) is 0 Å². The van der Waals surface area contributed by atoms with Gasteiger partial charge in [0.05, 0.1) is 0 Å². The Kier molecular flexibility index (Phi) is 30.7. The molecule has 0 bridgehead atoms. The first-order valence-corrected chi connectivity index (χ1v) is 1.85. The van der Waals surface area contributed by atoms with E-state index in [1.54, 1.807) is 0 Å². The first kappa shape index (κ1) is 22.8. The van der Waals surface area contributed by atoms with Crippen molar-refractivity contribution in [2.75, 3.05) is 0 Å². The zero-order chi connectivity index (χ0) is 10.7. The summed E-state index contributed by atoms with van der Waals surface area (Å²) in [5, 5.41) is 20.2. The SMILES string of the molecule is O=C(O)F.O=C(O)F.O=C(O)F.[La]. The van der Waals surface area contributed by atoms with Crippen LogP contribution in [0, 0.1) is 35.6 Å². The van der Waals surface area contributed by atoms with Gasteiger partial charge in [0.2, 0.25) is 0 Å². The standard InChI is InChI=1S/3CHFO2.La/c3*2-1(3)4;/h3*(H,3,4);. The summed E-state index contributed by atoms with van der Waals surface area (Å²) in [7, 11) is 0. The average molecular weight is 331 g/mol. The number of halogens is 3. The summed E-state index contributed by atoms with van der Waals surface area (Å²) in [6, 6.07) is 0. The van der Waals surface area contributed by atoms with E-state index in [4.69, 9.17) is 29.7 Å². The van der Waals surface area contributed by atoms with E-state index in [-0.39, 0.29) is 35.6 Å². The van der Waals surface area contributed by atoms with Crippen molar-refractivity contribution in [1.29, 1.82) is 0 Å². The molecular weight excluding hydrogens is 328 g/mol. The molecule has 0 aliphatic rings. The molecule has 3 N–H and O–H groups in total. The van der Waals surface area contributed by atoms with E-state index in [1.165, 1.54) is 0 Å². The fraction of sp³-hybridized carbons (Fsp3) is 0. The molecule has 0 spiro atoms. The zero-order valence-electron chi connectivity index (χ0n) is 5.78. The molecule has 0 atom stereocenters. The maximum absolute atomic E-state index is 9.92. The molecule has 0 aromatic rings. The van der Waals surface area contributed by atoms with Crippen molar-refractivity contribution in [3.05, 3.63) is 0 Å². The number of carboxylic acid groups (broad SMARTS) is 3. The molecule has 0 amide bonds. The van der Waals surface area contributed by atoms with Crippen molar-refractivity contribution in [3.8, 4) is 0 Å². The smallest absolute Gasteiger partial charge is 0.456 e. The molecule has 0 aliphatic heterocycles. The van der Waals surface area contributed by atoms with Gasteiger partial charge in [0.15, 0.2) is 0 Å². The van der Waals surface area contributed by atoms with Crippen molar-refractivity contribution in [2.24, 2.45) is 0 Å². The molecule has 0 rings (SSSR count). The molecule has 0 fully saturated rings. The molecule has 1 radical (unpaired) electrons. The second-order valence-corrected chi connectivity index (χ2v) is 0.759. The van der Waals surface area contributed by atoms with Gasteiger partial charge in [0.1, 0.15) is 0 Å². The third-order valence-electron chi connectivity index (χ3n) is 0. The van der Waals surface area contributed by atoms with Gasteiger partial charge in [-0.2, -0.15) is 0 Å². The summed E-state index contributed by atoms with van der Waals surface area (Å²) in [5.74, 6) is 0. The summed E-state index contributed by atoms with van der Waals surface area (Å²) >= 11 is 0. The summed E-state index contributed by atoms with van der Waals surface area (Å²) in [6.45, 7) is 0. The molecule has 0 saturated heterocycles. The Balaban J connectivity index is -0.0000000450. The Morgan fingerprint density at radius 2 is 0.692 bits per heavy atom. The maximum Gasteiger partial charge on any atom is 0.492 e. The van der Waals surface area contributed by atoms with E-state index >= 15 is 0 Å². The van der Waals surface area contributed by atoms with Gasteiger partial charge in [-0.15, -0.1) is 13.2 Å². The van der Waals surface area contributed by atoms with Crippen LogP contribution in [0.1, 0.15) is 0 Å². The largest absolute Gasteiger partial charge is 0.492 e. The van der Waals surface area contributed by atoms with Crippen LogP contribution < -0.4 is 0 Å². The Bertz CT molecular complexity index is 121. The average Bonchev–Trinajstić information content (AvgIpc) is 1.54. The minimum absolute atomic E-state index is 0. The van der Waals surface area contributed by atoms with Gasteiger partial charge < -0.3 is 15.3 Å². The van der Waals surface area contributed by atoms with E-state index in [9.17, 15) is 13.2 Å². The van der Waals surface area contributed by atoms with Gasteiger partial charge in [0.25, 0.3) is 0 Å². The van der Waals surface area contributed by atoms with Crippen LogP contribution in [0.3, 0.4) is 0 Å². The van der Waals surface area contributed by atoms with Crippen LogP contribution in [0.15, 0.2) is 0 Å². The second kappa shape index (κ2) is 17.5. The molecule has 13 heavy (non-hydrogen) atoms. The maximum atomic E-state index is 9.92. The minimum atomic E-state index is -2.33. The number of carbonyl (C=O) groups is 3. The van der Waals surface area contributed by atoms with Crippen molar-refractivity contribution >= 4 is 18.7 Å². The van der Waals surface area contributed by atoms with Crippen LogP contribution in [-0.4, -0.2) is 34.0 Å². The third-order valence-corrected chi connectivity index (χ3v) is 0. The molecule has 0 unspecified atom stereocenters. The summed E-state index contributed by atoms with van der Waals surface area (Å²) < 4.78 is 29.8. The van der Waals surface area contributed by atoms with Gasteiger partial charge >= 0.3 is 18.7 Å². The molecule has 0 heterocycles. The Hall–Kier alpha value is -0.605. The summed E-state index contributed by atoms with van der Waals surface area (Å²) in [5.41, 5.74) is 0. The third kappa shape index (κ3) is 2750. The van der Waals surface area contributed by atoms with Crippen molar-refractivity contribution in [2.45, 2.75) is 0 Å². The fourth-order valence-corrected chi connectivity index (χ4v) is 0. The van der Waals surface area contributed by atoms with Crippen LogP contribution in [0.2, 0.25) is 0 Å². The quantitative estimate of drug-likeness (QED) is 0.585. The fourth-order valence-electron chi connectivity index (χ4n) is 0. The summed E-state index contributed by atoms with van der Waals surface area (Å²) in [4.78, 5) is 25.0. The molecule has 0 aliphatic carbocycles. The van der Waals surface area contributed by atoms with Gasteiger partial charge in [0, 0.05) is 35.6 Å². The number of hydrogen-bond donors (Lipinski definition) is 3. The number of hydrogen-bond acceptors (Lipinski definition) is 3. The van der Waals surface area contributed by atoms with Crippen molar-refractivity contribution in [1.82, 2.24) is 0 Å². The molecule has 6 nitrogen and oxygen atoms in total. The molecule has 10 heteroatoms. The molecular formula is C3H3F3LaO6. The topological polar surface area (TPSA) is 112 Å². The minimum Gasteiger partial charge on any atom is -0.456 e. The van der Waals surface area contributed by atoms with Crippen LogP contribution in [0.4, 0.5) is 27.6 Å². The predicted octanol–water partition coefficient (Wildman–Crippen LogP) is 1.90. The van der Waals surface area contributed by atoms with Crippen LogP contribution in [0.5, 0.6) is 0 Å². The van der Waals surface area contributed by atoms with E-state index in [0.717, 1.165) is 0 Å². The van der Waals surface area contributed by atoms with Gasteiger partial charge in [-0.3, -0.25) is 0 Å². The van der Waals surface area contributed by atoms with E-state index < -0.39 is 18.7 Å². The van der Waals surface area contributed by atoms with E-state index in [0.29, 0.717) is 0 Å². The molecule has 0 aromatic heterocycles. The Labute approximate surface area is 96.9 Å². The molecule has 75 valence electrons. The summed E-state index contributed by atoms with van der Waals surface area (Å²) in [6.07, 6.45) is -7.00. The van der Waals surface area contributed by atoms with Gasteiger partial charge in [-0.1, -0.05) is 0 Å². The Morgan fingerprint density at radius 3 is 0.692 bits per heavy atom. The van der Waals surface area contributed by atoms with E-state index in [1.807, 2.05) is 0 Å². The second-order valence-electron chi connectivity index (χ2n) is 0.759. The Morgan fingerprint density at radius 1 is 0.692 bits per heavy atom. The van der Waals surface area contributed by atoms with Crippen LogP contribution >= 0.6 is 0 Å². The normalized spacial score (nSPS) is 5.77. The van der Waals surface area contributed by atoms with Gasteiger partial charge in [-0.25, -0.2) is 14.4 Å². The predicted molar refractivity (Wildman–Crippen MR) is 27.4 cm³/mol. The first-order chi connectivity index (χ1) is 5.20. The molecule has 0 saturated carbocycles. The monoisotopic (exact) mass is 331 g/mol. The number of rotatable bonds is 0. The first-order valence-electron chi connectivity index (χ1n) is 1.85. The molecule has 0 aromatic carbocycles. The van der Waals surface area contributed by atoms with Crippen LogP contribution in [-0.2, 0) is 0 Å². The van der Waals surface area contributed by atoms with Crippen LogP contribution in [0.25, 0.3) is 0 Å². The van der Waals surface area contributed by atoms with E-state index in [2.05, 4.69) is 0 Å². The zero-order valence-corrected chi connectivity index (χ0v) is 9.40. The van der Waals surface area contributed by atoms with Crippen molar-refractivity contribution < 1.29 is 78.5 Å².